The van der Waals surface area contributed by atoms with Gasteiger partial charge in [-0.05, 0) is 19.4 Å². The SMILES string of the molecule is CC(=O)CCc1c(Cl)cccc1[N+](=O)[O-]. The Morgan fingerprint density at radius 3 is 2.73 bits per heavy atom. The van der Waals surface area contributed by atoms with E-state index in [-0.39, 0.29) is 17.9 Å². The molecular weight excluding hydrogens is 218 g/mol. The third-order valence-electron chi connectivity index (χ3n) is 2.02. The number of Topliss-reactive ketones (excluding diaryl/α,β-unsaturated/α-hetero) is 1. The monoisotopic (exact) mass is 227 g/mol. The summed E-state index contributed by atoms with van der Waals surface area (Å²) in [5.41, 5.74) is 0.406. The Kier molecular flexibility index (Phi) is 3.80. The van der Waals surface area contributed by atoms with Gasteiger partial charge in [0, 0.05) is 18.1 Å². The molecule has 0 aromatic heterocycles. The van der Waals surface area contributed by atoms with Gasteiger partial charge in [-0.25, -0.2) is 0 Å². The molecule has 0 fully saturated rings. The minimum Gasteiger partial charge on any atom is -0.300 e. The highest BCUT2D eigenvalue weighted by atomic mass is 35.5. The lowest BCUT2D eigenvalue weighted by Gasteiger charge is -2.03. The molecular formula is C10H10ClNO3. The van der Waals surface area contributed by atoms with Crippen LogP contribution in [0.15, 0.2) is 18.2 Å². The molecule has 0 saturated carbocycles. The number of ketones is 1. The van der Waals surface area contributed by atoms with E-state index in [0.29, 0.717) is 17.0 Å². The highest BCUT2D eigenvalue weighted by molar-refractivity contribution is 6.31. The molecule has 5 heteroatoms. The Labute approximate surface area is 92.0 Å². The minimum atomic E-state index is -0.485. The number of hydrogen-bond acceptors (Lipinski definition) is 3. The summed E-state index contributed by atoms with van der Waals surface area (Å²) in [7, 11) is 0. The fourth-order valence-corrected chi connectivity index (χ4v) is 1.53. The predicted octanol–water partition coefficient (Wildman–Crippen LogP) is 2.77. The molecule has 0 amide bonds. The number of carbonyl (C=O) groups excluding carboxylic acids is 1. The van der Waals surface area contributed by atoms with E-state index in [1.807, 2.05) is 0 Å². The molecule has 1 rings (SSSR count). The van der Waals surface area contributed by atoms with Gasteiger partial charge in [-0.3, -0.25) is 10.1 Å². The topological polar surface area (TPSA) is 60.2 Å². The van der Waals surface area contributed by atoms with Gasteiger partial charge in [0.05, 0.1) is 9.95 Å². The Morgan fingerprint density at radius 1 is 1.53 bits per heavy atom. The molecule has 15 heavy (non-hydrogen) atoms. The van der Waals surface area contributed by atoms with Gasteiger partial charge >= 0.3 is 0 Å². The maximum Gasteiger partial charge on any atom is 0.274 e. The van der Waals surface area contributed by atoms with Crippen LogP contribution in [0.2, 0.25) is 5.02 Å². The first-order valence-corrected chi connectivity index (χ1v) is 4.81. The van der Waals surface area contributed by atoms with Crippen molar-refractivity contribution in [2.45, 2.75) is 19.8 Å². The van der Waals surface area contributed by atoms with Crippen molar-refractivity contribution in [3.05, 3.63) is 38.9 Å². The predicted molar refractivity (Wildman–Crippen MR) is 57.1 cm³/mol. The van der Waals surface area contributed by atoms with Gasteiger partial charge in [0.2, 0.25) is 0 Å². The quantitative estimate of drug-likeness (QED) is 0.587. The number of rotatable bonds is 4. The fourth-order valence-electron chi connectivity index (χ4n) is 1.27. The highest BCUT2D eigenvalue weighted by Crippen LogP contribution is 2.27. The molecule has 0 saturated heterocycles. The first-order valence-electron chi connectivity index (χ1n) is 4.43. The second-order valence-corrected chi connectivity index (χ2v) is 3.60. The van der Waals surface area contributed by atoms with E-state index < -0.39 is 4.92 Å². The van der Waals surface area contributed by atoms with E-state index in [9.17, 15) is 14.9 Å². The Hall–Kier alpha value is -1.42. The first-order chi connectivity index (χ1) is 7.02. The maximum atomic E-state index is 10.8. The molecule has 80 valence electrons. The van der Waals surface area contributed by atoms with Crippen LogP contribution in [0.25, 0.3) is 0 Å². The third-order valence-corrected chi connectivity index (χ3v) is 2.37. The molecule has 0 radical (unpaired) electrons. The molecule has 0 aliphatic rings. The van der Waals surface area contributed by atoms with E-state index in [2.05, 4.69) is 0 Å². The second-order valence-electron chi connectivity index (χ2n) is 3.20. The molecule has 1 aromatic rings. The van der Waals surface area contributed by atoms with Crippen LogP contribution >= 0.6 is 11.6 Å². The summed E-state index contributed by atoms with van der Waals surface area (Å²) in [6.45, 7) is 1.45. The standard InChI is InChI=1S/C10H10ClNO3/c1-7(13)5-6-8-9(11)3-2-4-10(8)12(14)15/h2-4H,5-6H2,1H3. The van der Waals surface area contributed by atoms with Gasteiger partial charge in [-0.1, -0.05) is 17.7 Å². The molecule has 0 spiro atoms. The summed E-state index contributed by atoms with van der Waals surface area (Å²) in [5, 5.41) is 11.0. The summed E-state index contributed by atoms with van der Waals surface area (Å²) in [6, 6.07) is 4.50. The number of benzene rings is 1. The lowest BCUT2D eigenvalue weighted by Crippen LogP contribution is -1.99. The van der Waals surface area contributed by atoms with E-state index in [0.717, 1.165) is 0 Å². The number of nitro groups is 1. The highest BCUT2D eigenvalue weighted by Gasteiger charge is 2.16. The summed E-state index contributed by atoms with van der Waals surface area (Å²) < 4.78 is 0. The van der Waals surface area contributed by atoms with Gasteiger partial charge in [0.15, 0.2) is 0 Å². The lowest BCUT2D eigenvalue weighted by molar-refractivity contribution is -0.385. The third kappa shape index (κ3) is 3.02. The summed E-state index contributed by atoms with van der Waals surface area (Å²) in [5.74, 6) is -0.00998. The van der Waals surface area contributed by atoms with E-state index in [1.165, 1.54) is 19.1 Å². The maximum absolute atomic E-state index is 10.8. The largest absolute Gasteiger partial charge is 0.300 e. The van der Waals surface area contributed by atoms with E-state index >= 15 is 0 Å². The van der Waals surface area contributed by atoms with Crippen molar-refractivity contribution in [3.8, 4) is 0 Å². The zero-order chi connectivity index (χ0) is 11.4. The lowest BCUT2D eigenvalue weighted by atomic mass is 10.1. The average Bonchev–Trinajstić information content (AvgIpc) is 2.15. The molecule has 0 aliphatic heterocycles. The van der Waals surface area contributed by atoms with Crippen LogP contribution in [0.1, 0.15) is 18.9 Å². The smallest absolute Gasteiger partial charge is 0.274 e. The van der Waals surface area contributed by atoms with Gasteiger partial charge in [-0.15, -0.1) is 0 Å². The molecule has 0 N–H and O–H groups in total. The second kappa shape index (κ2) is 4.89. The van der Waals surface area contributed by atoms with Gasteiger partial charge in [0.25, 0.3) is 5.69 Å². The van der Waals surface area contributed by atoms with Crippen molar-refractivity contribution >= 4 is 23.1 Å². The minimum absolute atomic E-state index is 0.00998. The summed E-state index contributed by atoms with van der Waals surface area (Å²) in [4.78, 5) is 21.0. The molecule has 0 aliphatic carbocycles. The van der Waals surface area contributed by atoms with Gasteiger partial charge in [-0.2, -0.15) is 0 Å². The van der Waals surface area contributed by atoms with Gasteiger partial charge < -0.3 is 4.79 Å². The summed E-state index contributed by atoms with van der Waals surface area (Å²) in [6.07, 6.45) is 0.579. The van der Waals surface area contributed by atoms with Crippen LogP contribution in [-0.2, 0) is 11.2 Å². The molecule has 0 unspecified atom stereocenters. The molecule has 0 bridgehead atoms. The molecule has 4 nitrogen and oxygen atoms in total. The van der Waals surface area contributed by atoms with E-state index in [4.69, 9.17) is 11.6 Å². The van der Waals surface area contributed by atoms with Crippen molar-refractivity contribution in [1.82, 2.24) is 0 Å². The van der Waals surface area contributed by atoms with Crippen LogP contribution < -0.4 is 0 Å². The first kappa shape index (κ1) is 11.7. The van der Waals surface area contributed by atoms with Gasteiger partial charge in [0.1, 0.15) is 5.78 Å². The normalized spacial score (nSPS) is 10.0. The van der Waals surface area contributed by atoms with Crippen LogP contribution in [-0.4, -0.2) is 10.7 Å². The number of nitrogens with zero attached hydrogens (tertiary/aromatic N) is 1. The number of nitro benzene ring substituents is 1. The Morgan fingerprint density at radius 2 is 2.20 bits per heavy atom. The zero-order valence-electron chi connectivity index (χ0n) is 8.20. The van der Waals surface area contributed by atoms with Crippen molar-refractivity contribution in [2.75, 3.05) is 0 Å². The number of halogens is 1. The van der Waals surface area contributed by atoms with Crippen LogP contribution in [0, 0.1) is 10.1 Å². The van der Waals surface area contributed by atoms with Crippen LogP contribution in [0.4, 0.5) is 5.69 Å². The van der Waals surface area contributed by atoms with Crippen molar-refractivity contribution in [1.29, 1.82) is 0 Å². The fraction of sp³-hybridized carbons (Fsp3) is 0.300. The number of carbonyl (C=O) groups is 1. The zero-order valence-corrected chi connectivity index (χ0v) is 8.95. The van der Waals surface area contributed by atoms with Crippen molar-refractivity contribution < 1.29 is 9.72 Å². The van der Waals surface area contributed by atoms with Crippen molar-refractivity contribution in [2.24, 2.45) is 0 Å². The van der Waals surface area contributed by atoms with Crippen molar-refractivity contribution in [3.63, 3.8) is 0 Å². The van der Waals surface area contributed by atoms with Crippen LogP contribution in [0.3, 0.4) is 0 Å². The average molecular weight is 228 g/mol. The Balaban J connectivity index is 3.02. The van der Waals surface area contributed by atoms with Crippen LogP contribution in [0.5, 0.6) is 0 Å². The molecule has 0 heterocycles. The van der Waals surface area contributed by atoms with E-state index in [1.54, 1.807) is 6.07 Å². The number of hydrogen-bond donors (Lipinski definition) is 0. The molecule has 0 atom stereocenters. The Bertz CT molecular complexity index is 404. The molecule has 1 aromatic carbocycles. The summed E-state index contributed by atoms with van der Waals surface area (Å²) >= 11 is 5.84.